The van der Waals surface area contributed by atoms with Gasteiger partial charge in [-0.25, -0.2) is 0 Å². The lowest BCUT2D eigenvalue weighted by Gasteiger charge is -2.15. The molecule has 96 valence electrons. The summed E-state index contributed by atoms with van der Waals surface area (Å²) in [6, 6.07) is 5.92. The van der Waals surface area contributed by atoms with Gasteiger partial charge in [-0.2, -0.15) is 0 Å². The van der Waals surface area contributed by atoms with E-state index in [-0.39, 0.29) is 24.1 Å². The first-order chi connectivity index (χ1) is 8.66. The molecule has 5 heteroatoms. The topological polar surface area (TPSA) is 69.6 Å². The number of hydrogen-bond donors (Lipinski definition) is 2. The van der Waals surface area contributed by atoms with Gasteiger partial charge in [0.1, 0.15) is 5.75 Å². The van der Waals surface area contributed by atoms with Gasteiger partial charge >= 0.3 is 0 Å². The van der Waals surface area contributed by atoms with Crippen LogP contribution in [0.3, 0.4) is 0 Å². The quantitative estimate of drug-likeness (QED) is 0.829. The third-order valence-corrected chi connectivity index (χ3v) is 2.99. The van der Waals surface area contributed by atoms with Crippen molar-refractivity contribution in [3.63, 3.8) is 0 Å². The van der Waals surface area contributed by atoms with Gasteiger partial charge in [-0.3, -0.25) is 9.59 Å². The van der Waals surface area contributed by atoms with Gasteiger partial charge in [-0.05, 0) is 37.1 Å². The summed E-state index contributed by atoms with van der Waals surface area (Å²) in [5.41, 5.74) is 0.432. The molecule has 1 aliphatic heterocycles. The molecule has 1 aromatic rings. The predicted octanol–water partition coefficient (Wildman–Crippen LogP) is 0.744. The van der Waals surface area contributed by atoms with E-state index >= 15 is 0 Å². The Hall–Kier alpha value is -2.04. The molecule has 0 unspecified atom stereocenters. The van der Waals surface area contributed by atoms with Gasteiger partial charge in [0.15, 0.2) is 0 Å². The summed E-state index contributed by atoms with van der Waals surface area (Å²) in [4.78, 5) is 25.2. The van der Waals surface area contributed by atoms with Gasteiger partial charge in [0.2, 0.25) is 5.91 Å². The number of amides is 2. The highest BCUT2D eigenvalue weighted by atomic mass is 16.3. The standard InChI is InChI=1S/C13H16N2O3/c16-11-5-3-10(4-6-11)13(18)14-9-12(17)15-7-1-2-8-15/h3-6,16H,1-2,7-9H2,(H,14,18). The Morgan fingerprint density at radius 2 is 1.78 bits per heavy atom. The number of benzene rings is 1. The number of phenolic OH excluding ortho intramolecular Hbond substituents is 1. The van der Waals surface area contributed by atoms with Crippen LogP contribution in [0.5, 0.6) is 5.75 Å². The molecule has 0 radical (unpaired) electrons. The van der Waals surface area contributed by atoms with E-state index in [0.29, 0.717) is 5.56 Å². The number of hydrogen-bond acceptors (Lipinski definition) is 3. The lowest BCUT2D eigenvalue weighted by Crippen LogP contribution is -2.38. The van der Waals surface area contributed by atoms with Gasteiger partial charge in [-0.15, -0.1) is 0 Å². The average molecular weight is 248 g/mol. The molecule has 1 saturated heterocycles. The lowest BCUT2D eigenvalue weighted by molar-refractivity contribution is -0.129. The van der Waals surface area contributed by atoms with Crippen molar-refractivity contribution in [2.45, 2.75) is 12.8 Å². The van der Waals surface area contributed by atoms with Crippen LogP contribution in [-0.2, 0) is 4.79 Å². The summed E-state index contributed by atoms with van der Waals surface area (Å²) in [5, 5.41) is 11.7. The zero-order valence-corrected chi connectivity index (χ0v) is 10.1. The smallest absolute Gasteiger partial charge is 0.251 e. The summed E-state index contributed by atoms with van der Waals surface area (Å²) < 4.78 is 0. The van der Waals surface area contributed by atoms with Crippen LogP contribution in [0, 0.1) is 0 Å². The fourth-order valence-electron chi connectivity index (χ4n) is 1.95. The van der Waals surface area contributed by atoms with Crippen molar-refractivity contribution in [1.29, 1.82) is 0 Å². The molecule has 18 heavy (non-hydrogen) atoms. The van der Waals surface area contributed by atoms with Crippen molar-refractivity contribution in [1.82, 2.24) is 10.2 Å². The number of aromatic hydroxyl groups is 1. The highest BCUT2D eigenvalue weighted by molar-refractivity contribution is 5.96. The molecule has 2 amide bonds. The van der Waals surface area contributed by atoms with E-state index in [1.807, 2.05) is 0 Å². The lowest BCUT2D eigenvalue weighted by atomic mass is 10.2. The molecule has 0 aliphatic carbocycles. The highest BCUT2D eigenvalue weighted by Crippen LogP contribution is 2.10. The number of nitrogens with one attached hydrogen (secondary N) is 1. The number of carbonyl (C=O) groups is 2. The van der Waals surface area contributed by atoms with Gasteiger partial charge in [0.05, 0.1) is 6.54 Å². The minimum Gasteiger partial charge on any atom is -0.508 e. The third kappa shape index (κ3) is 3.00. The molecular formula is C13H16N2O3. The summed E-state index contributed by atoms with van der Waals surface area (Å²) >= 11 is 0. The molecule has 5 nitrogen and oxygen atoms in total. The van der Waals surface area contributed by atoms with E-state index in [9.17, 15) is 9.59 Å². The Kier molecular flexibility index (Phi) is 3.82. The second-order valence-electron chi connectivity index (χ2n) is 4.32. The van der Waals surface area contributed by atoms with Gasteiger partial charge in [0.25, 0.3) is 5.91 Å². The fraction of sp³-hybridized carbons (Fsp3) is 0.385. The van der Waals surface area contributed by atoms with Gasteiger partial charge in [0, 0.05) is 18.7 Å². The normalized spacial score (nSPS) is 14.6. The zero-order chi connectivity index (χ0) is 13.0. The minimum absolute atomic E-state index is 0.0275. The number of carbonyl (C=O) groups excluding carboxylic acids is 2. The second-order valence-corrected chi connectivity index (χ2v) is 4.32. The summed E-state index contributed by atoms with van der Waals surface area (Å²) in [6.45, 7) is 1.60. The molecular weight excluding hydrogens is 232 g/mol. The van der Waals surface area contributed by atoms with Gasteiger partial charge < -0.3 is 15.3 Å². The van der Waals surface area contributed by atoms with Crippen molar-refractivity contribution < 1.29 is 14.7 Å². The largest absolute Gasteiger partial charge is 0.508 e. The second kappa shape index (κ2) is 5.53. The van der Waals surface area contributed by atoms with E-state index in [0.717, 1.165) is 25.9 Å². The fourth-order valence-corrected chi connectivity index (χ4v) is 1.95. The van der Waals surface area contributed by atoms with Crippen LogP contribution in [-0.4, -0.2) is 41.5 Å². The van der Waals surface area contributed by atoms with Crippen molar-refractivity contribution in [3.8, 4) is 5.75 Å². The maximum Gasteiger partial charge on any atom is 0.251 e. The summed E-state index contributed by atoms with van der Waals surface area (Å²) in [5.74, 6) is -0.234. The Balaban J connectivity index is 1.84. The molecule has 0 spiro atoms. The highest BCUT2D eigenvalue weighted by Gasteiger charge is 2.18. The van der Waals surface area contributed by atoms with Gasteiger partial charge in [-0.1, -0.05) is 0 Å². The monoisotopic (exact) mass is 248 g/mol. The maximum atomic E-state index is 11.7. The number of phenols is 1. The molecule has 1 aliphatic rings. The molecule has 2 N–H and O–H groups in total. The molecule has 1 fully saturated rings. The van der Waals surface area contributed by atoms with E-state index in [2.05, 4.69) is 5.32 Å². The number of likely N-dealkylation sites (tertiary alicyclic amines) is 1. The van der Waals surface area contributed by atoms with Crippen molar-refractivity contribution in [2.24, 2.45) is 0 Å². The molecule has 2 rings (SSSR count). The van der Waals surface area contributed by atoms with Crippen LogP contribution in [0.2, 0.25) is 0 Å². The number of nitrogens with zero attached hydrogens (tertiary/aromatic N) is 1. The molecule has 0 atom stereocenters. The van der Waals surface area contributed by atoms with Crippen molar-refractivity contribution >= 4 is 11.8 Å². The Morgan fingerprint density at radius 1 is 1.17 bits per heavy atom. The molecule has 1 heterocycles. The first kappa shape index (κ1) is 12.4. The van der Waals surface area contributed by atoms with E-state index < -0.39 is 0 Å². The van der Waals surface area contributed by atoms with E-state index in [1.54, 1.807) is 4.90 Å². The van der Waals surface area contributed by atoms with Crippen LogP contribution >= 0.6 is 0 Å². The van der Waals surface area contributed by atoms with Crippen molar-refractivity contribution in [3.05, 3.63) is 29.8 Å². The molecule has 1 aromatic carbocycles. The Morgan fingerprint density at radius 3 is 2.39 bits per heavy atom. The first-order valence-electron chi connectivity index (χ1n) is 6.02. The van der Waals surface area contributed by atoms with Crippen LogP contribution < -0.4 is 5.32 Å². The molecule has 0 aromatic heterocycles. The number of rotatable bonds is 3. The minimum atomic E-state index is -0.303. The van der Waals surface area contributed by atoms with E-state index in [4.69, 9.17) is 5.11 Å². The maximum absolute atomic E-state index is 11.7. The Labute approximate surface area is 105 Å². The summed E-state index contributed by atoms with van der Waals surface area (Å²) in [7, 11) is 0. The van der Waals surface area contributed by atoms with Crippen LogP contribution in [0.25, 0.3) is 0 Å². The van der Waals surface area contributed by atoms with Crippen LogP contribution in [0.15, 0.2) is 24.3 Å². The zero-order valence-electron chi connectivity index (χ0n) is 10.1. The SMILES string of the molecule is O=C(NCC(=O)N1CCCC1)c1ccc(O)cc1. The summed E-state index contributed by atoms with van der Waals surface area (Å²) in [6.07, 6.45) is 2.08. The molecule has 0 bridgehead atoms. The predicted molar refractivity (Wildman–Crippen MR) is 66.3 cm³/mol. The molecule has 0 saturated carbocycles. The van der Waals surface area contributed by atoms with E-state index in [1.165, 1.54) is 24.3 Å². The Bertz CT molecular complexity index is 436. The average Bonchev–Trinajstić information content (AvgIpc) is 2.90. The van der Waals surface area contributed by atoms with Crippen molar-refractivity contribution in [2.75, 3.05) is 19.6 Å². The first-order valence-corrected chi connectivity index (χ1v) is 6.02. The van der Waals surface area contributed by atoms with Crippen LogP contribution in [0.4, 0.5) is 0 Å². The van der Waals surface area contributed by atoms with Crippen LogP contribution in [0.1, 0.15) is 23.2 Å². The third-order valence-electron chi connectivity index (χ3n) is 2.99.